The molecule has 8 N–H and O–H groups in total. The summed E-state index contributed by atoms with van der Waals surface area (Å²) in [5.41, 5.74) is 14.3. The summed E-state index contributed by atoms with van der Waals surface area (Å²) in [6.07, 6.45) is 8.60. The van der Waals surface area contributed by atoms with Crippen LogP contribution in [0.15, 0.2) is 24.4 Å². The summed E-state index contributed by atoms with van der Waals surface area (Å²) >= 11 is 0. The van der Waals surface area contributed by atoms with Gasteiger partial charge in [0.15, 0.2) is 5.82 Å². The molecule has 0 unspecified atom stereocenters. The SMILES string of the molecule is NC[C@H]1CC[C@H](C(=O)N[C@@H](CCC(=O)NCC2CC2)c2ncc(-c3ccc4c(N)n[nH]c4c3)[nH]2)CC1. The number of imidazole rings is 1. The zero-order chi connectivity index (χ0) is 25.1. The van der Waals surface area contributed by atoms with E-state index in [1.807, 2.05) is 18.2 Å². The van der Waals surface area contributed by atoms with E-state index in [9.17, 15) is 9.59 Å². The van der Waals surface area contributed by atoms with Gasteiger partial charge in [-0.15, -0.1) is 0 Å². The molecule has 2 fully saturated rings. The number of amides is 2. The maximum absolute atomic E-state index is 13.2. The summed E-state index contributed by atoms with van der Waals surface area (Å²) in [5, 5.41) is 14.1. The fourth-order valence-electron chi connectivity index (χ4n) is 5.04. The van der Waals surface area contributed by atoms with Gasteiger partial charge in [0.25, 0.3) is 0 Å². The number of nitrogens with zero attached hydrogens (tertiary/aromatic N) is 2. The van der Waals surface area contributed by atoms with Crippen LogP contribution in [0.2, 0.25) is 0 Å². The van der Waals surface area contributed by atoms with Crippen molar-refractivity contribution in [2.24, 2.45) is 23.5 Å². The molecule has 2 aliphatic carbocycles. The largest absolute Gasteiger partial charge is 0.382 e. The fraction of sp³-hybridized carbons (Fsp3) is 0.538. The molecule has 192 valence electrons. The summed E-state index contributed by atoms with van der Waals surface area (Å²) in [6, 6.07) is 5.47. The van der Waals surface area contributed by atoms with Crippen LogP contribution in [0.25, 0.3) is 22.2 Å². The van der Waals surface area contributed by atoms with Crippen LogP contribution in [0, 0.1) is 17.8 Å². The van der Waals surface area contributed by atoms with Gasteiger partial charge in [-0.1, -0.05) is 6.07 Å². The first-order valence-electron chi connectivity index (χ1n) is 13.1. The van der Waals surface area contributed by atoms with E-state index in [1.165, 1.54) is 12.8 Å². The fourth-order valence-corrected chi connectivity index (χ4v) is 5.04. The number of H-pyrrole nitrogens is 2. The molecule has 2 amide bonds. The second-order valence-corrected chi connectivity index (χ2v) is 10.4. The van der Waals surface area contributed by atoms with Gasteiger partial charge < -0.3 is 27.1 Å². The van der Waals surface area contributed by atoms with Crippen LogP contribution >= 0.6 is 0 Å². The van der Waals surface area contributed by atoms with Crippen molar-refractivity contribution in [1.82, 2.24) is 30.8 Å². The van der Waals surface area contributed by atoms with Crippen molar-refractivity contribution >= 4 is 28.5 Å². The third-order valence-electron chi connectivity index (χ3n) is 7.64. The molecule has 2 heterocycles. The Kier molecular flexibility index (Phi) is 7.22. The molecule has 0 aliphatic heterocycles. The number of aromatic nitrogens is 4. The monoisotopic (exact) mass is 492 g/mol. The number of anilines is 1. The Morgan fingerprint density at radius 1 is 1.11 bits per heavy atom. The molecule has 0 saturated heterocycles. The number of hydrogen-bond acceptors (Lipinski definition) is 6. The number of carbonyl (C=O) groups is 2. The molecule has 1 atom stereocenters. The molecule has 1 aromatic carbocycles. The average Bonchev–Trinajstić information content (AvgIpc) is 3.48. The zero-order valence-corrected chi connectivity index (χ0v) is 20.6. The smallest absolute Gasteiger partial charge is 0.223 e. The molecule has 5 rings (SSSR count). The van der Waals surface area contributed by atoms with E-state index in [0.717, 1.165) is 54.4 Å². The summed E-state index contributed by atoms with van der Waals surface area (Å²) in [6.45, 7) is 1.42. The minimum absolute atomic E-state index is 0.0127. The summed E-state index contributed by atoms with van der Waals surface area (Å²) in [4.78, 5) is 33.6. The maximum Gasteiger partial charge on any atom is 0.223 e. The van der Waals surface area contributed by atoms with Crippen LogP contribution in [-0.4, -0.2) is 45.1 Å². The quantitative estimate of drug-likeness (QED) is 0.254. The number of nitrogens with one attached hydrogen (secondary N) is 4. The molecule has 3 aromatic rings. The average molecular weight is 493 g/mol. The lowest BCUT2D eigenvalue weighted by molar-refractivity contribution is -0.127. The third kappa shape index (κ3) is 5.70. The molecule has 2 saturated carbocycles. The Bertz CT molecular complexity index is 1210. The molecule has 0 spiro atoms. The van der Waals surface area contributed by atoms with Crippen molar-refractivity contribution in [2.75, 3.05) is 18.8 Å². The number of benzene rings is 1. The van der Waals surface area contributed by atoms with E-state index in [2.05, 4.69) is 30.8 Å². The normalized spacial score (nSPS) is 20.8. The van der Waals surface area contributed by atoms with E-state index in [-0.39, 0.29) is 23.8 Å². The standard InChI is InChI=1S/C26H36N8O2/c27-12-15-3-5-17(6-4-15)26(36)32-20(9-10-23(35)29-13-16-1-2-16)25-30-14-22(31-25)18-7-8-19-21(11-18)33-34-24(19)28/h7-8,11,14-17,20H,1-6,9-10,12-13,27H2,(H,29,35)(H,30,31)(H,32,36)(H3,28,33,34)/t15-,17-,20-/m0/s1. The highest BCUT2D eigenvalue weighted by molar-refractivity contribution is 5.91. The Morgan fingerprint density at radius 3 is 2.64 bits per heavy atom. The van der Waals surface area contributed by atoms with Gasteiger partial charge in [-0.2, -0.15) is 5.10 Å². The van der Waals surface area contributed by atoms with Gasteiger partial charge in [0.05, 0.1) is 23.4 Å². The molecule has 2 aliphatic rings. The second kappa shape index (κ2) is 10.7. The lowest BCUT2D eigenvalue weighted by atomic mass is 9.81. The maximum atomic E-state index is 13.2. The van der Waals surface area contributed by atoms with Crippen LogP contribution in [0.1, 0.15) is 63.2 Å². The van der Waals surface area contributed by atoms with Crippen molar-refractivity contribution in [3.05, 3.63) is 30.2 Å². The van der Waals surface area contributed by atoms with Gasteiger partial charge in [0.1, 0.15) is 5.82 Å². The second-order valence-electron chi connectivity index (χ2n) is 10.4. The van der Waals surface area contributed by atoms with Gasteiger partial charge in [-0.3, -0.25) is 14.7 Å². The molecule has 0 bridgehead atoms. The highest BCUT2D eigenvalue weighted by Crippen LogP contribution is 2.30. The molecule has 2 aromatic heterocycles. The summed E-state index contributed by atoms with van der Waals surface area (Å²) in [5.74, 6) is 2.26. The van der Waals surface area contributed by atoms with Crippen LogP contribution in [-0.2, 0) is 9.59 Å². The van der Waals surface area contributed by atoms with E-state index >= 15 is 0 Å². The van der Waals surface area contributed by atoms with E-state index in [4.69, 9.17) is 11.5 Å². The van der Waals surface area contributed by atoms with Crippen LogP contribution in [0.5, 0.6) is 0 Å². The molecule has 10 heteroatoms. The molecule has 10 nitrogen and oxygen atoms in total. The highest BCUT2D eigenvalue weighted by atomic mass is 16.2. The van der Waals surface area contributed by atoms with E-state index < -0.39 is 0 Å². The van der Waals surface area contributed by atoms with Gasteiger partial charge in [-0.05, 0) is 75.5 Å². The Morgan fingerprint density at radius 2 is 1.89 bits per heavy atom. The van der Waals surface area contributed by atoms with Gasteiger partial charge in [0, 0.05) is 29.8 Å². The Hall–Kier alpha value is -3.40. The van der Waals surface area contributed by atoms with Crippen LogP contribution in [0.3, 0.4) is 0 Å². The number of hydrogen-bond donors (Lipinski definition) is 6. The van der Waals surface area contributed by atoms with Gasteiger partial charge in [-0.25, -0.2) is 4.98 Å². The van der Waals surface area contributed by atoms with E-state index in [0.29, 0.717) is 42.9 Å². The van der Waals surface area contributed by atoms with Crippen molar-refractivity contribution < 1.29 is 9.59 Å². The third-order valence-corrected chi connectivity index (χ3v) is 7.64. The van der Waals surface area contributed by atoms with E-state index in [1.54, 1.807) is 6.20 Å². The molecular formula is C26H36N8O2. The van der Waals surface area contributed by atoms with Crippen LogP contribution < -0.4 is 22.1 Å². The van der Waals surface area contributed by atoms with Crippen molar-refractivity contribution in [1.29, 1.82) is 0 Å². The summed E-state index contributed by atoms with van der Waals surface area (Å²) < 4.78 is 0. The minimum Gasteiger partial charge on any atom is -0.382 e. The number of fused-ring (bicyclic) bond motifs is 1. The minimum atomic E-state index is -0.378. The van der Waals surface area contributed by atoms with Crippen LogP contribution in [0.4, 0.5) is 5.82 Å². The number of rotatable bonds is 10. The van der Waals surface area contributed by atoms with Crippen molar-refractivity contribution in [3.8, 4) is 11.3 Å². The molecule has 0 radical (unpaired) electrons. The first-order chi connectivity index (χ1) is 17.5. The number of nitrogen functional groups attached to an aromatic ring is 1. The number of carbonyl (C=O) groups excluding carboxylic acids is 2. The van der Waals surface area contributed by atoms with Crippen molar-refractivity contribution in [2.45, 2.75) is 57.4 Å². The lowest BCUT2D eigenvalue weighted by Gasteiger charge is -2.28. The predicted octanol–water partition coefficient (Wildman–Crippen LogP) is 2.76. The Labute approximate surface area is 210 Å². The van der Waals surface area contributed by atoms with Gasteiger partial charge >= 0.3 is 0 Å². The summed E-state index contributed by atoms with van der Waals surface area (Å²) in [7, 11) is 0. The molecule has 36 heavy (non-hydrogen) atoms. The number of aromatic amines is 2. The topological polar surface area (TPSA) is 168 Å². The highest BCUT2D eigenvalue weighted by Gasteiger charge is 2.29. The lowest BCUT2D eigenvalue weighted by Crippen LogP contribution is -2.37. The molecular weight excluding hydrogens is 456 g/mol. The predicted molar refractivity (Wildman–Crippen MR) is 138 cm³/mol. The zero-order valence-electron chi connectivity index (χ0n) is 20.6. The first-order valence-corrected chi connectivity index (χ1v) is 13.1. The van der Waals surface area contributed by atoms with Crippen molar-refractivity contribution in [3.63, 3.8) is 0 Å². The Balaban J connectivity index is 1.29. The van der Waals surface area contributed by atoms with Gasteiger partial charge in [0.2, 0.25) is 11.8 Å². The number of nitrogens with two attached hydrogens (primary N) is 2. The first kappa shape index (κ1) is 24.3.